The van der Waals surface area contributed by atoms with E-state index in [9.17, 15) is 9.59 Å². The molecule has 114 valence electrons. The average molecular weight is 355 g/mol. The molecule has 0 aliphatic carbocycles. The minimum absolute atomic E-state index is 0.490. The minimum atomic E-state index is -0.980. The number of carbonyl (C=O) groups is 2. The Hall–Kier alpha value is -1.62. The summed E-state index contributed by atoms with van der Waals surface area (Å²) in [6, 6.07) is 7.67. The lowest BCUT2D eigenvalue weighted by molar-refractivity contribution is -0.178. The third-order valence-corrected chi connectivity index (χ3v) is 3.36. The Balaban J connectivity index is 3.13. The van der Waals surface area contributed by atoms with Crippen molar-refractivity contribution in [1.29, 1.82) is 0 Å². The molecule has 0 aromatic heterocycles. The zero-order valence-corrected chi connectivity index (χ0v) is 14.0. The molecule has 0 bridgehead atoms. The molecule has 0 aliphatic heterocycles. The molecule has 5 heteroatoms. The molecule has 0 radical (unpaired) electrons. The predicted octanol–water partition coefficient (Wildman–Crippen LogP) is 4.08. The van der Waals surface area contributed by atoms with Crippen LogP contribution in [0.2, 0.25) is 0 Å². The van der Waals surface area contributed by atoms with E-state index in [4.69, 9.17) is 9.47 Å². The predicted molar refractivity (Wildman–Crippen MR) is 84.3 cm³/mol. The highest BCUT2D eigenvalue weighted by Gasteiger charge is 2.20. The Kier molecular flexibility index (Phi) is 7.15. The van der Waals surface area contributed by atoms with Crippen LogP contribution < -0.4 is 0 Å². The molecule has 0 spiro atoms. The van der Waals surface area contributed by atoms with E-state index in [0.29, 0.717) is 6.42 Å². The van der Waals surface area contributed by atoms with Crippen molar-refractivity contribution in [1.82, 2.24) is 0 Å². The lowest BCUT2D eigenvalue weighted by Gasteiger charge is -2.20. The number of esters is 2. The first-order valence-corrected chi connectivity index (χ1v) is 7.52. The first-order chi connectivity index (χ1) is 9.93. The first kappa shape index (κ1) is 17.4. The van der Waals surface area contributed by atoms with E-state index >= 15 is 0 Å². The number of ether oxygens (including phenoxy) is 2. The van der Waals surface area contributed by atoms with Gasteiger partial charge in [0.15, 0.2) is 0 Å². The zero-order chi connectivity index (χ0) is 15.8. The van der Waals surface area contributed by atoms with Gasteiger partial charge in [0.05, 0.1) is 0 Å². The number of hydrogen-bond acceptors (Lipinski definition) is 4. The Morgan fingerprint density at radius 3 is 2.24 bits per heavy atom. The highest BCUT2D eigenvalue weighted by Crippen LogP contribution is 2.24. The minimum Gasteiger partial charge on any atom is -0.421 e. The third-order valence-electron chi connectivity index (χ3n) is 2.63. The molecule has 0 atom stereocenters. The summed E-state index contributed by atoms with van der Waals surface area (Å²) in [4.78, 5) is 22.4. The molecule has 1 rings (SSSR count). The first-order valence-electron chi connectivity index (χ1n) is 6.73. The van der Waals surface area contributed by atoms with Gasteiger partial charge in [-0.2, -0.15) is 0 Å². The Morgan fingerprint density at radius 1 is 1.19 bits per heavy atom. The van der Waals surface area contributed by atoms with Gasteiger partial charge >= 0.3 is 11.9 Å². The van der Waals surface area contributed by atoms with Crippen LogP contribution in [0.1, 0.15) is 39.2 Å². The van der Waals surface area contributed by atoms with E-state index in [2.05, 4.69) is 15.9 Å². The molecular formula is C16H19BrO4. The molecule has 0 aliphatic rings. The second-order valence-electron chi connectivity index (χ2n) is 4.54. The Morgan fingerprint density at radius 2 is 1.76 bits per heavy atom. The maximum atomic E-state index is 11.2. The molecule has 0 amide bonds. The van der Waals surface area contributed by atoms with Gasteiger partial charge in [0.1, 0.15) is 0 Å². The van der Waals surface area contributed by atoms with Gasteiger partial charge in [0.2, 0.25) is 0 Å². The zero-order valence-electron chi connectivity index (χ0n) is 12.4. The van der Waals surface area contributed by atoms with Crippen LogP contribution in [0.5, 0.6) is 0 Å². The molecule has 21 heavy (non-hydrogen) atoms. The standard InChI is InChI=1S/C16H19BrO4/c1-4-7-14(10-13-8-5-6-9-15(13)17)16(20-11(2)18)21-12(3)19/h5-6,8-10,16H,4,7H2,1-3H3. The highest BCUT2D eigenvalue weighted by molar-refractivity contribution is 9.10. The van der Waals surface area contributed by atoms with Crippen LogP contribution in [0.3, 0.4) is 0 Å². The maximum Gasteiger partial charge on any atom is 0.305 e. The SMILES string of the molecule is CCCC(=Cc1ccccc1Br)C(OC(C)=O)OC(C)=O. The van der Waals surface area contributed by atoms with Gasteiger partial charge in [-0.3, -0.25) is 9.59 Å². The summed E-state index contributed by atoms with van der Waals surface area (Å²) in [5.74, 6) is -0.981. The normalized spacial score (nSPS) is 11.4. The van der Waals surface area contributed by atoms with Crippen molar-refractivity contribution >= 4 is 33.9 Å². The van der Waals surface area contributed by atoms with E-state index in [-0.39, 0.29) is 0 Å². The molecule has 0 N–H and O–H groups in total. The number of carbonyl (C=O) groups excluding carboxylic acids is 2. The van der Waals surface area contributed by atoms with Gasteiger partial charge in [0.25, 0.3) is 6.29 Å². The van der Waals surface area contributed by atoms with Gasteiger partial charge in [-0.05, 0) is 24.1 Å². The van der Waals surface area contributed by atoms with Crippen molar-refractivity contribution in [2.24, 2.45) is 0 Å². The van der Waals surface area contributed by atoms with E-state index in [1.807, 2.05) is 37.3 Å². The van der Waals surface area contributed by atoms with Gasteiger partial charge < -0.3 is 9.47 Å². The summed E-state index contributed by atoms with van der Waals surface area (Å²) in [5.41, 5.74) is 1.68. The second-order valence-corrected chi connectivity index (χ2v) is 5.40. The fourth-order valence-corrected chi connectivity index (χ4v) is 2.21. The molecule has 4 nitrogen and oxygen atoms in total. The summed E-state index contributed by atoms with van der Waals surface area (Å²) < 4.78 is 11.2. The van der Waals surface area contributed by atoms with Gasteiger partial charge in [-0.1, -0.05) is 47.5 Å². The third kappa shape index (κ3) is 6.12. The molecular weight excluding hydrogens is 336 g/mol. The van der Waals surface area contributed by atoms with Crippen LogP contribution in [0, 0.1) is 0 Å². The van der Waals surface area contributed by atoms with E-state index < -0.39 is 18.2 Å². The number of benzene rings is 1. The Bertz CT molecular complexity index is 521. The fourth-order valence-electron chi connectivity index (χ4n) is 1.82. The molecule has 0 fully saturated rings. The van der Waals surface area contributed by atoms with Crippen molar-refractivity contribution in [2.45, 2.75) is 39.9 Å². The summed E-state index contributed by atoms with van der Waals surface area (Å²) >= 11 is 3.47. The smallest absolute Gasteiger partial charge is 0.305 e. The number of hydrogen-bond donors (Lipinski definition) is 0. The largest absolute Gasteiger partial charge is 0.421 e. The van der Waals surface area contributed by atoms with Crippen LogP contribution in [0.15, 0.2) is 34.3 Å². The second kappa shape index (κ2) is 8.62. The molecule has 0 unspecified atom stereocenters. The monoisotopic (exact) mass is 354 g/mol. The molecule has 0 heterocycles. The van der Waals surface area contributed by atoms with Crippen molar-refractivity contribution in [3.8, 4) is 0 Å². The average Bonchev–Trinajstić information content (AvgIpc) is 2.39. The summed E-state index contributed by atoms with van der Waals surface area (Å²) in [5, 5.41) is 0. The van der Waals surface area contributed by atoms with Crippen LogP contribution in [-0.4, -0.2) is 18.2 Å². The summed E-state index contributed by atoms with van der Waals surface area (Å²) in [7, 11) is 0. The topological polar surface area (TPSA) is 52.6 Å². The van der Waals surface area contributed by atoms with Crippen LogP contribution >= 0.6 is 15.9 Å². The van der Waals surface area contributed by atoms with Crippen LogP contribution in [0.4, 0.5) is 0 Å². The number of halogens is 1. The lowest BCUT2D eigenvalue weighted by atomic mass is 10.1. The van der Waals surface area contributed by atoms with Crippen LogP contribution in [0.25, 0.3) is 6.08 Å². The maximum absolute atomic E-state index is 11.2. The van der Waals surface area contributed by atoms with Crippen molar-refractivity contribution in [2.75, 3.05) is 0 Å². The van der Waals surface area contributed by atoms with Crippen molar-refractivity contribution in [3.63, 3.8) is 0 Å². The van der Waals surface area contributed by atoms with Gasteiger partial charge in [0, 0.05) is 23.9 Å². The van der Waals surface area contributed by atoms with E-state index in [0.717, 1.165) is 22.0 Å². The molecule has 0 saturated heterocycles. The summed E-state index contributed by atoms with van der Waals surface area (Å²) in [6.07, 6.45) is 2.40. The van der Waals surface area contributed by atoms with Crippen LogP contribution in [-0.2, 0) is 19.1 Å². The summed E-state index contributed by atoms with van der Waals surface area (Å²) in [6.45, 7) is 4.59. The van der Waals surface area contributed by atoms with Gasteiger partial charge in [-0.15, -0.1) is 0 Å². The van der Waals surface area contributed by atoms with Crippen molar-refractivity contribution < 1.29 is 19.1 Å². The van der Waals surface area contributed by atoms with E-state index in [1.165, 1.54) is 13.8 Å². The quantitative estimate of drug-likeness (QED) is 0.570. The van der Waals surface area contributed by atoms with Crippen molar-refractivity contribution in [3.05, 3.63) is 39.9 Å². The Labute approximate surface area is 133 Å². The van der Waals surface area contributed by atoms with Gasteiger partial charge in [-0.25, -0.2) is 0 Å². The number of rotatable bonds is 6. The molecule has 1 aromatic rings. The lowest BCUT2D eigenvalue weighted by Crippen LogP contribution is -2.24. The fraction of sp³-hybridized carbons (Fsp3) is 0.375. The van der Waals surface area contributed by atoms with E-state index in [1.54, 1.807) is 0 Å². The highest BCUT2D eigenvalue weighted by atomic mass is 79.9. The molecule has 1 aromatic carbocycles. The molecule has 0 saturated carbocycles.